The van der Waals surface area contributed by atoms with Gasteiger partial charge in [-0.25, -0.2) is 9.74 Å². The Hall–Kier alpha value is -5.39. The highest BCUT2D eigenvalue weighted by Gasteiger charge is 2.45. The predicted octanol–water partition coefficient (Wildman–Crippen LogP) is 3.39. The minimum absolute atomic E-state index is 0.0252. The number of benzene rings is 3. The smallest absolute Gasteiger partial charge is 0.293 e. The molecule has 204 valence electrons. The van der Waals surface area contributed by atoms with Gasteiger partial charge in [-0.05, 0) is 41.1 Å². The van der Waals surface area contributed by atoms with Gasteiger partial charge in [0.05, 0.1) is 48.2 Å². The zero-order valence-electron chi connectivity index (χ0n) is 22.0. The molecule has 3 aromatic carbocycles. The molecule has 0 saturated heterocycles. The second-order valence-corrected chi connectivity index (χ2v) is 9.94. The molecule has 41 heavy (non-hydrogen) atoms. The molecule has 11 nitrogen and oxygen atoms in total. The van der Waals surface area contributed by atoms with E-state index in [1.807, 2.05) is 6.07 Å². The lowest BCUT2D eigenvalue weighted by atomic mass is 9.82. The molecule has 5 rings (SSSR count). The van der Waals surface area contributed by atoms with E-state index in [-0.39, 0.29) is 62.5 Å². The monoisotopic (exact) mass is 550 g/mol. The van der Waals surface area contributed by atoms with Gasteiger partial charge in [0, 0.05) is 22.9 Å². The van der Waals surface area contributed by atoms with Crippen molar-refractivity contribution in [3.05, 3.63) is 81.2 Å². The minimum atomic E-state index is -0.903. The summed E-state index contributed by atoms with van der Waals surface area (Å²) in [5, 5.41) is 20.0. The van der Waals surface area contributed by atoms with E-state index >= 15 is 0 Å². The van der Waals surface area contributed by atoms with Crippen molar-refractivity contribution in [2.45, 2.75) is 26.3 Å². The Balaban J connectivity index is 1.74. The fourth-order valence-electron chi connectivity index (χ4n) is 5.40. The molecule has 0 aliphatic carbocycles. The van der Waals surface area contributed by atoms with E-state index in [1.165, 1.54) is 24.3 Å². The number of rotatable bonds is 8. The van der Waals surface area contributed by atoms with Gasteiger partial charge < -0.3 is 9.84 Å². The summed E-state index contributed by atoms with van der Waals surface area (Å²) in [5.74, 6) is -3.53. The lowest BCUT2D eigenvalue weighted by Gasteiger charge is -2.37. The van der Waals surface area contributed by atoms with Crippen molar-refractivity contribution in [2.75, 3.05) is 18.1 Å². The molecule has 2 aliphatic heterocycles. The van der Waals surface area contributed by atoms with E-state index in [2.05, 4.69) is 4.85 Å². The maximum atomic E-state index is 13.9. The highest BCUT2D eigenvalue weighted by molar-refractivity contribution is 6.41. The second kappa shape index (κ2) is 10.3. The predicted molar refractivity (Wildman–Crippen MR) is 144 cm³/mol. The number of nitriles is 1. The molecule has 2 heterocycles. The molecule has 0 saturated carbocycles. The summed E-state index contributed by atoms with van der Waals surface area (Å²) in [4.78, 5) is 70.8. The number of imide groups is 2. The largest absolute Gasteiger partial charge is 0.468 e. The van der Waals surface area contributed by atoms with Gasteiger partial charge in [-0.1, -0.05) is 26.0 Å². The number of anilines is 1. The summed E-state index contributed by atoms with van der Waals surface area (Å²) in [7, 11) is 0. The normalized spacial score (nSPS) is 14.8. The first-order valence-corrected chi connectivity index (χ1v) is 12.7. The van der Waals surface area contributed by atoms with Crippen LogP contribution in [0, 0.1) is 23.8 Å². The number of aliphatic hydroxyl groups is 1. The van der Waals surface area contributed by atoms with Gasteiger partial charge >= 0.3 is 0 Å². The zero-order chi connectivity index (χ0) is 29.6. The fraction of sp³-hybridized carbons (Fsp3) is 0.233. The number of ether oxygens (including phenoxy) is 1. The summed E-state index contributed by atoms with van der Waals surface area (Å²) in [6.45, 7) is 11.2. The topological polar surface area (TPSA) is 149 Å². The molecule has 1 unspecified atom stereocenters. The average molecular weight is 551 g/mol. The Kier molecular flexibility index (Phi) is 6.83. The molecule has 4 amide bonds. The van der Waals surface area contributed by atoms with Crippen LogP contribution in [-0.2, 0) is 16.0 Å². The van der Waals surface area contributed by atoms with E-state index in [4.69, 9.17) is 11.3 Å². The SMILES string of the molecule is [C-]#[N+]c1cc2c3c(c(C#N)cc4c3c1C(=O)N(c1ccc(CCOC=O)cc1)C4=O)C(=O)N(C(CO)C(C)C)C2=O. The van der Waals surface area contributed by atoms with Gasteiger partial charge in [0.1, 0.15) is 6.07 Å². The van der Waals surface area contributed by atoms with E-state index < -0.39 is 36.3 Å². The summed E-state index contributed by atoms with van der Waals surface area (Å²) in [6.07, 6.45) is 0.412. The van der Waals surface area contributed by atoms with Crippen LogP contribution in [0.3, 0.4) is 0 Å². The first-order valence-electron chi connectivity index (χ1n) is 12.7. The molecule has 0 aromatic heterocycles. The van der Waals surface area contributed by atoms with Crippen LogP contribution in [0.2, 0.25) is 0 Å². The molecule has 1 atom stereocenters. The maximum absolute atomic E-state index is 13.9. The second-order valence-electron chi connectivity index (χ2n) is 9.94. The van der Waals surface area contributed by atoms with Gasteiger partial charge in [-0.15, -0.1) is 0 Å². The van der Waals surface area contributed by atoms with Crippen LogP contribution in [-0.4, -0.2) is 59.4 Å². The van der Waals surface area contributed by atoms with E-state index in [9.17, 15) is 34.3 Å². The Morgan fingerprint density at radius 1 is 1.00 bits per heavy atom. The van der Waals surface area contributed by atoms with Gasteiger partial charge in [0.25, 0.3) is 30.1 Å². The number of aliphatic hydroxyl groups excluding tert-OH is 1. The molecule has 0 radical (unpaired) electrons. The van der Waals surface area contributed by atoms with Crippen LogP contribution in [0.4, 0.5) is 11.4 Å². The summed E-state index contributed by atoms with van der Waals surface area (Å²) in [5.41, 5.74) is 0.111. The number of carbonyl (C=O) groups is 5. The van der Waals surface area contributed by atoms with E-state index in [1.54, 1.807) is 26.0 Å². The lowest BCUT2D eigenvalue weighted by molar-refractivity contribution is -0.128. The molecular formula is C30H22N4O7. The van der Waals surface area contributed by atoms with Crippen LogP contribution in [0.1, 0.15) is 66.4 Å². The molecule has 0 bridgehead atoms. The Labute approximate surface area is 233 Å². The van der Waals surface area contributed by atoms with Crippen molar-refractivity contribution < 1.29 is 33.8 Å². The Morgan fingerprint density at radius 3 is 2.24 bits per heavy atom. The van der Waals surface area contributed by atoms with Gasteiger partial charge in [0.15, 0.2) is 0 Å². The maximum Gasteiger partial charge on any atom is 0.293 e. The highest BCUT2D eigenvalue weighted by atomic mass is 16.5. The summed E-state index contributed by atoms with van der Waals surface area (Å²) < 4.78 is 4.71. The van der Waals surface area contributed by atoms with Crippen molar-refractivity contribution in [3.63, 3.8) is 0 Å². The van der Waals surface area contributed by atoms with Gasteiger partial charge in [0.2, 0.25) is 5.69 Å². The van der Waals surface area contributed by atoms with Crippen LogP contribution in [0.5, 0.6) is 0 Å². The van der Waals surface area contributed by atoms with Crippen LogP contribution in [0.25, 0.3) is 15.6 Å². The Morgan fingerprint density at radius 2 is 1.66 bits per heavy atom. The molecule has 0 spiro atoms. The molecule has 2 aliphatic rings. The summed E-state index contributed by atoms with van der Waals surface area (Å²) in [6, 6.07) is 9.85. The van der Waals surface area contributed by atoms with Crippen molar-refractivity contribution >= 4 is 52.2 Å². The van der Waals surface area contributed by atoms with Crippen molar-refractivity contribution in [1.29, 1.82) is 5.26 Å². The third kappa shape index (κ3) is 4.03. The number of carbonyl (C=O) groups excluding carboxylic acids is 5. The molecule has 11 heteroatoms. The van der Waals surface area contributed by atoms with Crippen molar-refractivity contribution in [1.82, 2.24) is 4.90 Å². The summed E-state index contributed by atoms with van der Waals surface area (Å²) >= 11 is 0. The number of amides is 4. The molecule has 3 aromatic rings. The third-order valence-corrected chi connectivity index (χ3v) is 7.42. The van der Waals surface area contributed by atoms with Crippen LogP contribution < -0.4 is 4.90 Å². The van der Waals surface area contributed by atoms with E-state index in [0.717, 1.165) is 15.4 Å². The highest BCUT2D eigenvalue weighted by Crippen LogP contribution is 2.45. The molecule has 1 N–H and O–H groups in total. The quantitative estimate of drug-likeness (QED) is 0.194. The standard InChI is InChI=1S/C30H22N4O7/c1-15(2)22(13-35)34-28(38)20-11-21(32-3)26-25-19(10-17(12-31)23(24(20)25)29(34)39)27(37)33(30(26)40)18-6-4-16(5-7-18)8-9-41-14-36/h4-7,10-11,14-15,22,35H,8-9,13H2,1-2H3. The zero-order valence-corrected chi connectivity index (χ0v) is 22.0. The van der Waals surface area contributed by atoms with Crippen LogP contribution >= 0.6 is 0 Å². The molecule has 0 fully saturated rings. The van der Waals surface area contributed by atoms with Gasteiger partial charge in [-0.3, -0.25) is 28.9 Å². The fourth-order valence-corrected chi connectivity index (χ4v) is 5.40. The number of hydrogen-bond acceptors (Lipinski definition) is 8. The van der Waals surface area contributed by atoms with Crippen molar-refractivity contribution in [2.24, 2.45) is 5.92 Å². The van der Waals surface area contributed by atoms with Gasteiger partial charge in [-0.2, -0.15) is 5.26 Å². The Bertz CT molecular complexity index is 1760. The van der Waals surface area contributed by atoms with Crippen molar-refractivity contribution in [3.8, 4) is 6.07 Å². The minimum Gasteiger partial charge on any atom is -0.468 e. The third-order valence-electron chi connectivity index (χ3n) is 7.42. The number of nitrogens with zero attached hydrogens (tertiary/aromatic N) is 4. The lowest BCUT2D eigenvalue weighted by Crippen LogP contribution is -2.51. The van der Waals surface area contributed by atoms with Crippen LogP contribution in [0.15, 0.2) is 36.4 Å². The average Bonchev–Trinajstić information content (AvgIpc) is 2.96. The first-order chi connectivity index (χ1) is 19.7. The van der Waals surface area contributed by atoms with E-state index in [0.29, 0.717) is 12.9 Å². The first kappa shape index (κ1) is 27.2. The molecular weight excluding hydrogens is 528 g/mol. The number of hydrogen-bond donors (Lipinski definition) is 1.